The lowest BCUT2D eigenvalue weighted by molar-refractivity contribution is -0.121. The fourth-order valence-electron chi connectivity index (χ4n) is 3.89. The number of hydrogen-bond donors (Lipinski definition) is 2. The lowest BCUT2D eigenvalue weighted by atomic mass is 9.92. The van der Waals surface area contributed by atoms with Gasteiger partial charge in [-0.15, -0.1) is 0 Å². The van der Waals surface area contributed by atoms with Gasteiger partial charge in [0, 0.05) is 0 Å². The maximum atomic E-state index is 12.7. The molecule has 4 heteroatoms. The summed E-state index contributed by atoms with van der Waals surface area (Å²) in [5, 5.41) is 12.5. The Balaban J connectivity index is 1.80. The van der Waals surface area contributed by atoms with Gasteiger partial charge < -0.3 is 10.4 Å². The first-order chi connectivity index (χ1) is 12.5. The standard InChI is InChI=1S/C22H25NO3/c1-3-14-11-17(22(25)26)12-15(4-2)19(14)13-21(24)23-20-10-9-16-7-5-6-8-18(16)20/h5-8,11-12,20H,3-4,9-10,13H2,1-2H3,(H,23,24)(H,25,26)/t20-/m0/s1. The van der Waals surface area contributed by atoms with Crippen LogP contribution in [-0.4, -0.2) is 17.0 Å². The third-order valence-corrected chi connectivity index (χ3v) is 5.25. The number of amides is 1. The van der Waals surface area contributed by atoms with Crippen molar-refractivity contribution in [1.82, 2.24) is 5.32 Å². The molecule has 3 rings (SSSR count). The molecule has 0 saturated carbocycles. The highest BCUT2D eigenvalue weighted by Crippen LogP contribution is 2.31. The number of fused-ring (bicyclic) bond motifs is 1. The molecule has 0 saturated heterocycles. The Bertz CT molecular complexity index is 816. The predicted molar refractivity (Wildman–Crippen MR) is 102 cm³/mol. The second kappa shape index (κ2) is 7.73. The summed E-state index contributed by atoms with van der Waals surface area (Å²) in [6, 6.07) is 11.7. The number of rotatable bonds is 6. The van der Waals surface area contributed by atoms with E-state index in [4.69, 9.17) is 0 Å². The van der Waals surface area contributed by atoms with Crippen LogP contribution in [0.4, 0.5) is 0 Å². The molecule has 0 radical (unpaired) electrons. The minimum Gasteiger partial charge on any atom is -0.478 e. The van der Waals surface area contributed by atoms with E-state index in [0.717, 1.165) is 29.5 Å². The van der Waals surface area contributed by atoms with E-state index in [1.54, 1.807) is 12.1 Å². The predicted octanol–water partition coefficient (Wildman–Crippen LogP) is 3.86. The Morgan fingerprint density at radius 2 is 1.77 bits per heavy atom. The van der Waals surface area contributed by atoms with Gasteiger partial charge in [0.25, 0.3) is 0 Å². The van der Waals surface area contributed by atoms with Crippen molar-refractivity contribution in [1.29, 1.82) is 0 Å². The van der Waals surface area contributed by atoms with E-state index in [9.17, 15) is 14.7 Å². The molecular weight excluding hydrogens is 326 g/mol. The third-order valence-electron chi connectivity index (χ3n) is 5.25. The van der Waals surface area contributed by atoms with E-state index in [2.05, 4.69) is 17.4 Å². The first-order valence-electron chi connectivity index (χ1n) is 9.28. The van der Waals surface area contributed by atoms with Crippen LogP contribution in [0.2, 0.25) is 0 Å². The number of aryl methyl sites for hydroxylation is 3. The zero-order chi connectivity index (χ0) is 18.7. The van der Waals surface area contributed by atoms with Crippen LogP contribution in [-0.2, 0) is 30.5 Å². The van der Waals surface area contributed by atoms with Gasteiger partial charge in [-0.2, -0.15) is 0 Å². The van der Waals surface area contributed by atoms with Crippen molar-refractivity contribution in [2.45, 2.75) is 52.0 Å². The molecule has 0 aliphatic heterocycles. The van der Waals surface area contributed by atoms with Crippen molar-refractivity contribution >= 4 is 11.9 Å². The number of benzene rings is 2. The van der Waals surface area contributed by atoms with Crippen LogP contribution in [0.1, 0.15) is 64.5 Å². The first kappa shape index (κ1) is 18.2. The molecule has 2 aromatic carbocycles. The Morgan fingerprint density at radius 3 is 2.38 bits per heavy atom. The number of aromatic carboxylic acids is 1. The van der Waals surface area contributed by atoms with Gasteiger partial charge in [0.15, 0.2) is 0 Å². The van der Waals surface area contributed by atoms with Crippen LogP contribution in [0, 0.1) is 0 Å². The number of hydrogen-bond acceptors (Lipinski definition) is 2. The molecular formula is C22H25NO3. The quantitative estimate of drug-likeness (QED) is 0.830. The highest BCUT2D eigenvalue weighted by atomic mass is 16.4. The van der Waals surface area contributed by atoms with E-state index in [1.165, 1.54) is 11.1 Å². The van der Waals surface area contributed by atoms with Crippen molar-refractivity contribution < 1.29 is 14.7 Å². The monoisotopic (exact) mass is 351 g/mol. The molecule has 26 heavy (non-hydrogen) atoms. The smallest absolute Gasteiger partial charge is 0.335 e. The van der Waals surface area contributed by atoms with E-state index >= 15 is 0 Å². The average Bonchev–Trinajstić information content (AvgIpc) is 3.04. The molecule has 1 amide bonds. The van der Waals surface area contributed by atoms with Gasteiger partial charge in [0.05, 0.1) is 18.0 Å². The van der Waals surface area contributed by atoms with Crippen LogP contribution in [0.5, 0.6) is 0 Å². The summed E-state index contributed by atoms with van der Waals surface area (Å²) in [5.41, 5.74) is 5.70. The molecule has 1 aliphatic carbocycles. The van der Waals surface area contributed by atoms with Crippen molar-refractivity contribution in [3.63, 3.8) is 0 Å². The fraction of sp³-hybridized carbons (Fsp3) is 0.364. The third kappa shape index (κ3) is 3.64. The van der Waals surface area contributed by atoms with Crippen LogP contribution < -0.4 is 5.32 Å². The average molecular weight is 351 g/mol. The summed E-state index contributed by atoms with van der Waals surface area (Å²) < 4.78 is 0. The fourth-order valence-corrected chi connectivity index (χ4v) is 3.89. The second-order valence-electron chi connectivity index (χ2n) is 6.82. The van der Waals surface area contributed by atoms with Gasteiger partial charge in [0.2, 0.25) is 5.91 Å². The van der Waals surface area contributed by atoms with E-state index in [1.807, 2.05) is 26.0 Å². The number of carbonyl (C=O) groups is 2. The lowest BCUT2D eigenvalue weighted by Crippen LogP contribution is -2.29. The van der Waals surface area contributed by atoms with E-state index in [-0.39, 0.29) is 11.9 Å². The summed E-state index contributed by atoms with van der Waals surface area (Å²) in [6.07, 6.45) is 3.65. The number of carboxylic acid groups (broad SMARTS) is 1. The molecule has 0 fully saturated rings. The summed E-state index contributed by atoms with van der Waals surface area (Å²) in [5.74, 6) is -0.924. The molecule has 2 N–H and O–H groups in total. The minimum atomic E-state index is -0.923. The Hall–Kier alpha value is -2.62. The largest absolute Gasteiger partial charge is 0.478 e. The summed E-state index contributed by atoms with van der Waals surface area (Å²) in [7, 11) is 0. The number of carboxylic acids is 1. The highest BCUT2D eigenvalue weighted by molar-refractivity contribution is 5.89. The lowest BCUT2D eigenvalue weighted by Gasteiger charge is -2.17. The molecule has 136 valence electrons. The molecule has 0 unspecified atom stereocenters. The summed E-state index contributed by atoms with van der Waals surface area (Å²) >= 11 is 0. The van der Waals surface area contributed by atoms with E-state index in [0.29, 0.717) is 24.8 Å². The molecule has 4 nitrogen and oxygen atoms in total. The second-order valence-corrected chi connectivity index (χ2v) is 6.82. The molecule has 0 heterocycles. The van der Waals surface area contributed by atoms with Gasteiger partial charge in [-0.25, -0.2) is 4.79 Å². The first-order valence-corrected chi connectivity index (χ1v) is 9.28. The van der Waals surface area contributed by atoms with Gasteiger partial charge in [-0.1, -0.05) is 38.1 Å². The Labute approximate surface area is 154 Å². The van der Waals surface area contributed by atoms with Crippen molar-refractivity contribution in [3.05, 3.63) is 69.8 Å². The normalized spacial score (nSPS) is 15.5. The molecule has 0 aromatic heterocycles. The molecule has 0 bridgehead atoms. The van der Waals surface area contributed by atoms with Crippen LogP contribution in [0.25, 0.3) is 0 Å². The highest BCUT2D eigenvalue weighted by Gasteiger charge is 2.24. The molecule has 1 atom stereocenters. The molecule has 1 aliphatic rings. The van der Waals surface area contributed by atoms with Crippen molar-refractivity contribution in [3.8, 4) is 0 Å². The van der Waals surface area contributed by atoms with E-state index < -0.39 is 5.97 Å². The van der Waals surface area contributed by atoms with Crippen LogP contribution in [0.15, 0.2) is 36.4 Å². The maximum Gasteiger partial charge on any atom is 0.335 e. The maximum absolute atomic E-state index is 12.7. The molecule has 0 spiro atoms. The van der Waals surface area contributed by atoms with Gasteiger partial charge >= 0.3 is 5.97 Å². The SMILES string of the molecule is CCc1cc(C(=O)O)cc(CC)c1CC(=O)N[C@H]1CCc2ccccc21. The van der Waals surface area contributed by atoms with Gasteiger partial charge in [0.1, 0.15) is 0 Å². The van der Waals surface area contributed by atoms with Gasteiger partial charge in [-0.3, -0.25) is 4.79 Å². The number of carbonyl (C=O) groups excluding carboxylic acids is 1. The molecule has 2 aromatic rings. The zero-order valence-corrected chi connectivity index (χ0v) is 15.3. The Morgan fingerprint density at radius 1 is 1.12 bits per heavy atom. The Kier molecular flexibility index (Phi) is 5.40. The van der Waals surface area contributed by atoms with Crippen molar-refractivity contribution in [2.75, 3.05) is 0 Å². The van der Waals surface area contributed by atoms with Crippen molar-refractivity contribution in [2.24, 2.45) is 0 Å². The summed E-state index contributed by atoms with van der Waals surface area (Å²) in [4.78, 5) is 24.0. The topological polar surface area (TPSA) is 66.4 Å². The zero-order valence-electron chi connectivity index (χ0n) is 15.3. The summed E-state index contributed by atoms with van der Waals surface area (Å²) in [6.45, 7) is 3.99. The number of nitrogens with one attached hydrogen (secondary N) is 1. The minimum absolute atomic E-state index is 0.000761. The van der Waals surface area contributed by atoms with Crippen LogP contribution in [0.3, 0.4) is 0 Å². The van der Waals surface area contributed by atoms with Gasteiger partial charge in [-0.05, 0) is 65.6 Å². The van der Waals surface area contributed by atoms with Crippen LogP contribution >= 0.6 is 0 Å².